The SMILES string of the molecule is CCn1cc(NC(=O)c2cc3ncccn3n2)c(C(N)=O)n1. The van der Waals surface area contributed by atoms with Crippen molar-refractivity contribution in [3.8, 4) is 0 Å². The number of carbonyl (C=O) groups is 2. The van der Waals surface area contributed by atoms with Crippen LogP contribution in [0, 0.1) is 0 Å². The molecule has 3 aromatic heterocycles. The van der Waals surface area contributed by atoms with Gasteiger partial charge < -0.3 is 11.1 Å². The van der Waals surface area contributed by atoms with E-state index in [1.165, 1.54) is 9.20 Å². The van der Waals surface area contributed by atoms with Gasteiger partial charge in [-0.3, -0.25) is 14.3 Å². The third-order valence-electron chi connectivity index (χ3n) is 3.04. The molecule has 3 aromatic rings. The van der Waals surface area contributed by atoms with Gasteiger partial charge in [-0.2, -0.15) is 10.2 Å². The molecule has 0 aromatic carbocycles. The molecule has 0 spiro atoms. The number of nitrogens with two attached hydrogens (primary N) is 1. The summed E-state index contributed by atoms with van der Waals surface area (Å²) in [5.41, 5.74) is 6.25. The van der Waals surface area contributed by atoms with E-state index >= 15 is 0 Å². The average molecular weight is 299 g/mol. The number of fused-ring (bicyclic) bond motifs is 1. The molecule has 0 saturated carbocycles. The molecular formula is C13H13N7O2. The molecule has 22 heavy (non-hydrogen) atoms. The van der Waals surface area contributed by atoms with Crippen LogP contribution in [0.15, 0.2) is 30.7 Å². The summed E-state index contributed by atoms with van der Waals surface area (Å²) in [4.78, 5) is 27.7. The van der Waals surface area contributed by atoms with E-state index in [-0.39, 0.29) is 17.1 Å². The van der Waals surface area contributed by atoms with Crippen molar-refractivity contribution in [2.24, 2.45) is 5.73 Å². The maximum atomic E-state index is 12.3. The summed E-state index contributed by atoms with van der Waals surface area (Å²) in [6, 6.07) is 3.25. The molecule has 2 amide bonds. The van der Waals surface area contributed by atoms with Gasteiger partial charge in [-0.25, -0.2) is 9.50 Å². The van der Waals surface area contributed by atoms with Crippen LogP contribution in [-0.2, 0) is 6.54 Å². The van der Waals surface area contributed by atoms with E-state index in [1.807, 2.05) is 6.92 Å². The van der Waals surface area contributed by atoms with Gasteiger partial charge in [0, 0.05) is 31.2 Å². The second-order valence-corrected chi connectivity index (χ2v) is 4.52. The van der Waals surface area contributed by atoms with Gasteiger partial charge in [-0.15, -0.1) is 0 Å². The van der Waals surface area contributed by atoms with E-state index in [9.17, 15) is 9.59 Å². The number of hydrogen-bond acceptors (Lipinski definition) is 5. The number of aromatic nitrogens is 5. The molecule has 0 aliphatic carbocycles. The standard InChI is InChI=1S/C13H13N7O2/c1-2-19-7-9(11(18-19)12(14)21)16-13(22)8-6-10-15-4-3-5-20(10)17-8/h3-7H,2H2,1H3,(H2,14,21)(H,16,22). The molecule has 0 fully saturated rings. The smallest absolute Gasteiger partial charge is 0.276 e. The number of rotatable bonds is 4. The molecule has 3 rings (SSSR count). The topological polar surface area (TPSA) is 120 Å². The normalized spacial score (nSPS) is 10.8. The zero-order valence-corrected chi connectivity index (χ0v) is 11.7. The maximum absolute atomic E-state index is 12.3. The van der Waals surface area contributed by atoms with Crippen molar-refractivity contribution in [3.63, 3.8) is 0 Å². The van der Waals surface area contributed by atoms with Crippen LogP contribution in [0.1, 0.15) is 27.9 Å². The third kappa shape index (κ3) is 2.39. The van der Waals surface area contributed by atoms with E-state index in [1.54, 1.807) is 30.7 Å². The molecular weight excluding hydrogens is 286 g/mol. The highest BCUT2D eigenvalue weighted by molar-refractivity contribution is 6.07. The minimum Gasteiger partial charge on any atom is -0.364 e. The van der Waals surface area contributed by atoms with Gasteiger partial charge >= 0.3 is 0 Å². The Morgan fingerprint density at radius 2 is 2.18 bits per heavy atom. The van der Waals surface area contributed by atoms with Crippen LogP contribution in [0.2, 0.25) is 0 Å². The van der Waals surface area contributed by atoms with Crippen LogP contribution < -0.4 is 11.1 Å². The lowest BCUT2D eigenvalue weighted by Crippen LogP contribution is -2.18. The van der Waals surface area contributed by atoms with Crippen LogP contribution in [0.4, 0.5) is 5.69 Å². The molecule has 3 N–H and O–H groups in total. The summed E-state index contributed by atoms with van der Waals surface area (Å²) in [5, 5.41) is 10.7. The summed E-state index contributed by atoms with van der Waals surface area (Å²) >= 11 is 0. The Hall–Kier alpha value is -3.23. The Kier molecular flexibility index (Phi) is 3.30. The molecule has 3 heterocycles. The lowest BCUT2D eigenvalue weighted by Gasteiger charge is -2.00. The Morgan fingerprint density at radius 3 is 2.86 bits per heavy atom. The fourth-order valence-electron chi connectivity index (χ4n) is 1.98. The van der Waals surface area contributed by atoms with Crippen LogP contribution >= 0.6 is 0 Å². The van der Waals surface area contributed by atoms with E-state index in [0.717, 1.165) is 0 Å². The Bertz CT molecular complexity index is 831. The van der Waals surface area contributed by atoms with Gasteiger partial charge in [0.05, 0.1) is 5.69 Å². The van der Waals surface area contributed by atoms with Crippen molar-refractivity contribution in [2.75, 3.05) is 5.32 Å². The molecule has 9 nitrogen and oxygen atoms in total. The first kappa shape index (κ1) is 13.7. The predicted molar refractivity (Wildman–Crippen MR) is 77.4 cm³/mol. The third-order valence-corrected chi connectivity index (χ3v) is 3.04. The molecule has 0 aliphatic heterocycles. The van der Waals surface area contributed by atoms with Crippen LogP contribution in [0.25, 0.3) is 5.65 Å². The number of amides is 2. The largest absolute Gasteiger partial charge is 0.364 e. The van der Waals surface area contributed by atoms with Gasteiger partial charge in [0.15, 0.2) is 17.0 Å². The van der Waals surface area contributed by atoms with Gasteiger partial charge in [0.2, 0.25) is 0 Å². The minimum absolute atomic E-state index is 0.0112. The number of primary amides is 1. The van der Waals surface area contributed by atoms with Crippen molar-refractivity contribution >= 4 is 23.1 Å². The number of nitrogens with zero attached hydrogens (tertiary/aromatic N) is 5. The lowest BCUT2D eigenvalue weighted by molar-refractivity contribution is 0.0995. The van der Waals surface area contributed by atoms with Crippen LogP contribution in [-0.4, -0.2) is 36.2 Å². The quantitative estimate of drug-likeness (QED) is 0.717. The van der Waals surface area contributed by atoms with Gasteiger partial charge in [0.1, 0.15) is 0 Å². The van der Waals surface area contributed by atoms with Crippen molar-refractivity contribution in [3.05, 3.63) is 42.1 Å². The summed E-state index contributed by atoms with van der Waals surface area (Å²) in [5.74, 6) is -1.18. The molecule has 0 bridgehead atoms. The highest BCUT2D eigenvalue weighted by Gasteiger charge is 2.18. The van der Waals surface area contributed by atoms with Gasteiger partial charge in [0.25, 0.3) is 11.8 Å². The van der Waals surface area contributed by atoms with Crippen molar-refractivity contribution in [2.45, 2.75) is 13.5 Å². The number of hydrogen-bond donors (Lipinski definition) is 2. The number of nitrogens with one attached hydrogen (secondary N) is 1. The van der Waals surface area contributed by atoms with E-state index in [2.05, 4.69) is 20.5 Å². The highest BCUT2D eigenvalue weighted by Crippen LogP contribution is 2.15. The van der Waals surface area contributed by atoms with E-state index in [0.29, 0.717) is 12.2 Å². The zero-order valence-electron chi connectivity index (χ0n) is 11.7. The monoisotopic (exact) mass is 299 g/mol. The summed E-state index contributed by atoms with van der Waals surface area (Å²) in [6.07, 6.45) is 4.84. The predicted octanol–water partition coefficient (Wildman–Crippen LogP) is 0.297. The molecule has 112 valence electrons. The van der Waals surface area contributed by atoms with Crippen LogP contribution in [0.5, 0.6) is 0 Å². The number of anilines is 1. The van der Waals surface area contributed by atoms with Gasteiger partial charge in [-0.1, -0.05) is 0 Å². The Labute approximate surface area is 124 Å². The van der Waals surface area contributed by atoms with Crippen molar-refractivity contribution in [1.82, 2.24) is 24.4 Å². The summed E-state index contributed by atoms with van der Waals surface area (Å²) < 4.78 is 3.00. The average Bonchev–Trinajstić information content (AvgIpc) is 3.10. The Morgan fingerprint density at radius 1 is 1.36 bits per heavy atom. The molecule has 0 aliphatic rings. The van der Waals surface area contributed by atoms with E-state index < -0.39 is 11.8 Å². The first-order valence-electron chi connectivity index (χ1n) is 6.57. The van der Waals surface area contributed by atoms with Crippen molar-refractivity contribution < 1.29 is 9.59 Å². The first-order chi connectivity index (χ1) is 10.6. The first-order valence-corrected chi connectivity index (χ1v) is 6.57. The summed E-state index contributed by atoms with van der Waals surface area (Å²) in [7, 11) is 0. The van der Waals surface area contributed by atoms with E-state index in [4.69, 9.17) is 5.73 Å². The number of aryl methyl sites for hydroxylation is 1. The zero-order chi connectivity index (χ0) is 15.7. The second-order valence-electron chi connectivity index (χ2n) is 4.52. The Balaban J connectivity index is 1.90. The second kappa shape index (κ2) is 5.28. The number of carbonyl (C=O) groups excluding carboxylic acids is 2. The van der Waals surface area contributed by atoms with Crippen molar-refractivity contribution in [1.29, 1.82) is 0 Å². The maximum Gasteiger partial charge on any atom is 0.276 e. The summed E-state index contributed by atoms with van der Waals surface area (Å²) in [6.45, 7) is 2.41. The molecule has 9 heteroatoms. The molecule has 0 unspecified atom stereocenters. The lowest BCUT2D eigenvalue weighted by atomic mass is 10.3. The fourth-order valence-corrected chi connectivity index (χ4v) is 1.98. The fraction of sp³-hybridized carbons (Fsp3) is 0.154. The molecule has 0 radical (unpaired) electrons. The minimum atomic E-state index is -0.709. The molecule has 0 atom stereocenters. The van der Waals surface area contributed by atoms with Crippen LogP contribution in [0.3, 0.4) is 0 Å². The highest BCUT2D eigenvalue weighted by atomic mass is 16.2. The van der Waals surface area contributed by atoms with Gasteiger partial charge in [-0.05, 0) is 13.0 Å². The molecule has 0 saturated heterocycles.